The molecule has 0 amide bonds. The Labute approximate surface area is 186 Å². The van der Waals surface area contributed by atoms with Crippen LogP contribution in [0.25, 0.3) is 43.1 Å². The highest BCUT2D eigenvalue weighted by molar-refractivity contribution is 6.43. The third-order valence-electron chi connectivity index (χ3n) is 5.86. The molecule has 0 atom stereocenters. The average Bonchev–Trinajstić information content (AvgIpc) is 2.79. The molecule has 0 spiro atoms. The number of benzene rings is 6. The summed E-state index contributed by atoms with van der Waals surface area (Å²) in [6, 6.07) is 30.4. The van der Waals surface area contributed by atoms with E-state index in [2.05, 4.69) is 72.8 Å². The summed E-state index contributed by atoms with van der Waals surface area (Å²) >= 11 is 11.7. The molecule has 0 saturated heterocycles. The molecule has 146 valence electrons. The molecule has 6 aromatic rings. The van der Waals surface area contributed by atoms with Crippen molar-refractivity contribution in [2.24, 2.45) is 0 Å². The minimum atomic E-state index is 0.668. The Morgan fingerprint density at radius 1 is 0.433 bits per heavy atom. The molecule has 6 aromatic carbocycles. The number of hydrogen-bond acceptors (Lipinski definition) is 0. The van der Waals surface area contributed by atoms with Gasteiger partial charge in [-0.25, -0.2) is 0 Å². The zero-order chi connectivity index (χ0) is 20.8. The van der Waals surface area contributed by atoms with Crippen LogP contribution in [0.5, 0.6) is 0 Å². The van der Waals surface area contributed by atoms with E-state index in [0.717, 1.165) is 11.1 Å². The second kappa shape index (κ2) is 7.47. The first-order chi connectivity index (χ1) is 14.6. The average molecular weight is 427 g/mol. The Morgan fingerprint density at radius 2 is 0.733 bits per heavy atom. The maximum atomic E-state index is 5.85. The summed E-state index contributed by atoms with van der Waals surface area (Å²) in [5, 5.41) is 12.2. The van der Waals surface area contributed by atoms with Crippen LogP contribution in [0.15, 0.2) is 84.9 Å². The molecular formula is C28H20Cl2. The van der Waals surface area contributed by atoms with Crippen molar-refractivity contribution in [3.05, 3.63) is 106 Å². The van der Waals surface area contributed by atoms with E-state index in [4.69, 9.17) is 23.2 Å². The molecule has 0 unspecified atom stereocenters. The van der Waals surface area contributed by atoms with Crippen molar-refractivity contribution in [1.29, 1.82) is 0 Å². The molecular weight excluding hydrogens is 407 g/mol. The van der Waals surface area contributed by atoms with Crippen molar-refractivity contribution < 1.29 is 0 Å². The summed E-state index contributed by atoms with van der Waals surface area (Å²) in [6.07, 6.45) is 0. The Morgan fingerprint density at radius 3 is 1.03 bits per heavy atom. The monoisotopic (exact) mass is 426 g/mol. The van der Waals surface area contributed by atoms with Gasteiger partial charge in [-0.2, -0.15) is 0 Å². The molecule has 6 rings (SSSR count). The number of fused-ring (bicyclic) bond motifs is 2. The zero-order valence-corrected chi connectivity index (χ0v) is 18.4. The van der Waals surface area contributed by atoms with Crippen LogP contribution >= 0.6 is 23.2 Å². The van der Waals surface area contributed by atoms with Crippen molar-refractivity contribution in [1.82, 2.24) is 0 Å². The molecule has 0 fully saturated rings. The highest BCUT2D eigenvalue weighted by Gasteiger charge is 2.11. The third kappa shape index (κ3) is 2.99. The smallest absolute Gasteiger partial charge is 0.0624 e. The molecule has 0 aliphatic heterocycles. The van der Waals surface area contributed by atoms with E-state index in [0.29, 0.717) is 10.0 Å². The predicted octanol–water partition coefficient (Wildman–Crippen LogP) is 9.35. The van der Waals surface area contributed by atoms with Gasteiger partial charge in [0.05, 0.1) is 10.0 Å². The van der Waals surface area contributed by atoms with Crippen molar-refractivity contribution in [3.63, 3.8) is 0 Å². The highest BCUT2D eigenvalue weighted by atomic mass is 35.5. The van der Waals surface area contributed by atoms with Crippen molar-refractivity contribution in [3.8, 4) is 0 Å². The van der Waals surface area contributed by atoms with E-state index in [-0.39, 0.29) is 0 Å². The van der Waals surface area contributed by atoms with Crippen LogP contribution in [-0.2, 0) is 0 Å². The van der Waals surface area contributed by atoms with Gasteiger partial charge in [-0.1, -0.05) is 108 Å². The maximum Gasteiger partial charge on any atom is 0.0624 e. The van der Waals surface area contributed by atoms with Crippen LogP contribution in [0.2, 0.25) is 10.0 Å². The van der Waals surface area contributed by atoms with E-state index >= 15 is 0 Å². The van der Waals surface area contributed by atoms with Crippen LogP contribution in [-0.4, -0.2) is 0 Å². The molecule has 0 aliphatic rings. The number of halogens is 2. The summed E-state index contributed by atoms with van der Waals surface area (Å²) in [4.78, 5) is 0. The standard InChI is InChI=1S/C20H12.C8H8Cl2/c1-5-13-6-2-11-17-18-12-4-8-14-7-3-10-16(20(14)18)15(9-1)19(13)17;1-5-3-4-6(2)8(10)7(5)9/h1-12H;3-4H,1-2H3. The molecule has 0 N–H and O–H groups in total. The maximum absolute atomic E-state index is 5.85. The summed E-state index contributed by atoms with van der Waals surface area (Å²) in [5.41, 5.74) is 2.05. The molecule has 0 heterocycles. The highest BCUT2D eigenvalue weighted by Crippen LogP contribution is 2.39. The second-order valence-corrected chi connectivity index (χ2v) is 8.50. The summed E-state index contributed by atoms with van der Waals surface area (Å²) in [7, 11) is 0. The molecule has 0 saturated carbocycles. The SMILES string of the molecule is Cc1ccc(C)c(Cl)c1Cl.c1cc2cccc3c4cccc5cccc(c(c1)c23)c54. The van der Waals surface area contributed by atoms with E-state index in [1.54, 1.807) is 0 Å². The number of hydrogen-bond donors (Lipinski definition) is 0. The van der Waals surface area contributed by atoms with E-state index < -0.39 is 0 Å². The Hall–Kier alpha value is -2.80. The summed E-state index contributed by atoms with van der Waals surface area (Å²) in [5.74, 6) is 0. The molecule has 0 bridgehead atoms. The van der Waals surface area contributed by atoms with Gasteiger partial charge in [0, 0.05) is 0 Å². The van der Waals surface area contributed by atoms with Gasteiger partial charge >= 0.3 is 0 Å². The Kier molecular flexibility index (Phi) is 4.77. The fourth-order valence-electron chi connectivity index (χ4n) is 4.32. The Bertz CT molecular complexity index is 1330. The van der Waals surface area contributed by atoms with E-state index in [1.165, 1.54) is 43.1 Å². The lowest BCUT2D eigenvalue weighted by Gasteiger charge is -2.13. The van der Waals surface area contributed by atoms with Gasteiger partial charge in [-0.3, -0.25) is 0 Å². The first-order valence-electron chi connectivity index (χ1n) is 10.0. The molecule has 0 aliphatic carbocycles. The van der Waals surface area contributed by atoms with Gasteiger partial charge in [0.1, 0.15) is 0 Å². The molecule has 30 heavy (non-hydrogen) atoms. The fourth-order valence-corrected chi connectivity index (χ4v) is 4.75. The normalized spacial score (nSPS) is 11.3. The van der Waals surface area contributed by atoms with Crippen molar-refractivity contribution in [2.75, 3.05) is 0 Å². The van der Waals surface area contributed by atoms with E-state index in [9.17, 15) is 0 Å². The quantitative estimate of drug-likeness (QED) is 0.167. The number of rotatable bonds is 0. The van der Waals surface area contributed by atoms with Gasteiger partial charge in [0.15, 0.2) is 0 Å². The topological polar surface area (TPSA) is 0 Å². The van der Waals surface area contributed by atoms with Gasteiger partial charge in [0.2, 0.25) is 0 Å². The summed E-state index contributed by atoms with van der Waals surface area (Å²) < 4.78 is 0. The molecule has 0 radical (unpaired) electrons. The van der Waals surface area contributed by atoms with Crippen LogP contribution < -0.4 is 0 Å². The largest absolute Gasteiger partial charge is 0.0824 e. The van der Waals surface area contributed by atoms with Gasteiger partial charge in [0.25, 0.3) is 0 Å². The zero-order valence-electron chi connectivity index (χ0n) is 16.8. The lowest BCUT2D eigenvalue weighted by Crippen LogP contribution is -1.85. The Balaban J connectivity index is 0.000000164. The van der Waals surface area contributed by atoms with Crippen LogP contribution in [0.1, 0.15) is 11.1 Å². The number of aryl methyl sites for hydroxylation is 2. The van der Waals surface area contributed by atoms with Crippen LogP contribution in [0.3, 0.4) is 0 Å². The van der Waals surface area contributed by atoms with Crippen molar-refractivity contribution in [2.45, 2.75) is 13.8 Å². The van der Waals surface area contributed by atoms with Gasteiger partial charge in [-0.05, 0) is 68.1 Å². The summed E-state index contributed by atoms with van der Waals surface area (Å²) in [6.45, 7) is 3.88. The van der Waals surface area contributed by atoms with Crippen molar-refractivity contribution >= 4 is 66.3 Å². The fraction of sp³-hybridized carbons (Fsp3) is 0.0714. The van der Waals surface area contributed by atoms with Gasteiger partial charge < -0.3 is 0 Å². The van der Waals surface area contributed by atoms with Gasteiger partial charge in [-0.15, -0.1) is 0 Å². The van der Waals surface area contributed by atoms with Crippen LogP contribution in [0.4, 0.5) is 0 Å². The minimum absolute atomic E-state index is 0.668. The van der Waals surface area contributed by atoms with Crippen LogP contribution in [0, 0.1) is 13.8 Å². The predicted molar refractivity (Wildman–Crippen MR) is 134 cm³/mol. The first-order valence-corrected chi connectivity index (χ1v) is 10.8. The molecule has 0 aromatic heterocycles. The molecule has 0 nitrogen and oxygen atoms in total. The molecule has 2 heteroatoms. The lowest BCUT2D eigenvalue weighted by molar-refractivity contribution is 1.40. The minimum Gasteiger partial charge on any atom is -0.0824 e. The lowest BCUT2D eigenvalue weighted by atomic mass is 9.90. The second-order valence-electron chi connectivity index (χ2n) is 7.75. The van der Waals surface area contributed by atoms with E-state index in [1.807, 2.05) is 26.0 Å². The third-order valence-corrected chi connectivity index (χ3v) is 6.93. The first kappa shape index (κ1) is 19.2.